The Labute approximate surface area is 179 Å². The van der Waals surface area contributed by atoms with Crippen molar-refractivity contribution in [2.45, 2.75) is 30.5 Å². The van der Waals surface area contributed by atoms with Crippen LogP contribution in [0, 0.1) is 6.92 Å². The molecule has 0 amide bonds. The first-order valence-corrected chi connectivity index (χ1v) is 11.0. The number of halogens is 3. The molecule has 1 unspecified atom stereocenters. The normalized spacial score (nSPS) is 14.5. The van der Waals surface area contributed by atoms with Gasteiger partial charge in [-0.2, -0.15) is 13.2 Å². The van der Waals surface area contributed by atoms with Gasteiger partial charge in [0, 0.05) is 25.2 Å². The molecule has 0 aliphatic carbocycles. The zero-order chi connectivity index (χ0) is 23.4. The minimum atomic E-state index is -5.29. The number of benzene rings is 2. The van der Waals surface area contributed by atoms with Crippen LogP contribution in [-0.4, -0.2) is 57.4 Å². The molecule has 0 fully saturated rings. The van der Waals surface area contributed by atoms with E-state index in [4.69, 9.17) is 4.74 Å². The van der Waals surface area contributed by atoms with Gasteiger partial charge in [0.25, 0.3) is 0 Å². The SMILES string of the molecule is CCN(C)/C=N\c1cc(OC)c(C(O)(CS(=O)(=O)c2ccccc2)C(F)(F)F)cc1C. The number of aliphatic hydroxyl groups is 1. The van der Waals surface area contributed by atoms with Gasteiger partial charge in [-0.05, 0) is 37.6 Å². The van der Waals surface area contributed by atoms with Crippen molar-refractivity contribution < 1.29 is 31.4 Å². The van der Waals surface area contributed by atoms with Gasteiger partial charge >= 0.3 is 6.18 Å². The number of alkyl halides is 3. The standard InChI is InChI=1S/C21H25F3N2O4S/c1-5-26(3)14-25-18-12-19(30-4)17(11-15(18)2)20(27,21(22,23)24)13-31(28,29)16-9-7-6-8-10-16/h6-12,14,27H,5,13H2,1-4H3/b25-14-. The van der Waals surface area contributed by atoms with Crippen LogP contribution in [0.3, 0.4) is 0 Å². The summed E-state index contributed by atoms with van der Waals surface area (Å²) in [7, 11) is -1.56. The maximum Gasteiger partial charge on any atom is 0.422 e. The molecule has 0 heterocycles. The molecule has 0 saturated heterocycles. The van der Waals surface area contributed by atoms with Crippen LogP contribution >= 0.6 is 0 Å². The molecule has 170 valence electrons. The van der Waals surface area contributed by atoms with Crippen LogP contribution in [0.25, 0.3) is 0 Å². The van der Waals surface area contributed by atoms with Crippen molar-refractivity contribution in [3.63, 3.8) is 0 Å². The lowest BCUT2D eigenvalue weighted by Gasteiger charge is -2.32. The van der Waals surface area contributed by atoms with Gasteiger partial charge in [-0.25, -0.2) is 13.4 Å². The van der Waals surface area contributed by atoms with E-state index in [2.05, 4.69) is 4.99 Å². The minimum absolute atomic E-state index is 0.316. The van der Waals surface area contributed by atoms with Crippen LogP contribution in [0.1, 0.15) is 18.1 Å². The lowest BCUT2D eigenvalue weighted by atomic mass is 9.92. The molecule has 1 atom stereocenters. The summed E-state index contributed by atoms with van der Waals surface area (Å²) in [5, 5.41) is 10.8. The van der Waals surface area contributed by atoms with Gasteiger partial charge in [-0.15, -0.1) is 0 Å². The molecule has 0 aliphatic heterocycles. The molecule has 0 spiro atoms. The summed E-state index contributed by atoms with van der Waals surface area (Å²) in [5.41, 5.74) is -3.74. The first-order valence-electron chi connectivity index (χ1n) is 9.36. The molecule has 0 aliphatic rings. The van der Waals surface area contributed by atoms with Crippen LogP contribution in [0.15, 0.2) is 52.4 Å². The van der Waals surface area contributed by atoms with Crippen LogP contribution in [0.4, 0.5) is 18.9 Å². The molecule has 6 nitrogen and oxygen atoms in total. The van der Waals surface area contributed by atoms with Gasteiger partial charge in [0.2, 0.25) is 5.60 Å². The molecule has 2 aromatic carbocycles. The topological polar surface area (TPSA) is 79.2 Å². The van der Waals surface area contributed by atoms with Crippen LogP contribution in [0.2, 0.25) is 0 Å². The third kappa shape index (κ3) is 5.37. The fraction of sp³-hybridized carbons (Fsp3) is 0.381. The molecule has 2 rings (SSSR count). The van der Waals surface area contributed by atoms with E-state index in [0.717, 1.165) is 13.2 Å². The predicted molar refractivity (Wildman–Crippen MR) is 113 cm³/mol. The highest BCUT2D eigenvalue weighted by Crippen LogP contribution is 2.46. The Balaban J connectivity index is 2.63. The fourth-order valence-corrected chi connectivity index (χ4v) is 4.46. The summed E-state index contributed by atoms with van der Waals surface area (Å²) < 4.78 is 72.7. The fourth-order valence-electron chi connectivity index (χ4n) is 2.85. The second-order valence-corrected chi connectivity index (χ2v) is 9.08. The number of hydrogen-bond donors (Lipinski definition) is 1. The number of rotatable bonds is 8. The number of ether oxygens (including phenoxy) is 1. The summed E-state index contributed by atoms with van der Waals surface area (Å²) in [5.74, 6) is -1.91. The third-order valence-electron chi connectivity index (χ3n) is 4.83. The molecule has 31 heavy (non-hydrogen) atoms. The quantitative estimate of drug-likeness (QED) is 0.480. The Morgan fingerprint density at radius 1 is 1.19 bits per heavy atom. The predicted octanol–water partition coefficient (Wildman–Crippen LogP) is 3.84. The van der Waals surface area contributed by atoms with Crippen molar-refractivity contribution >= 4 is 21.9 Å². The molecule has 1 N–H and O–H groups in total. The van der Waals surface area contributed by atoms with Gasteiger partial charge in [-0.1, -0.05) is 18.2 Å². The first kappa shape index (κ1) is 24.7. The summed E-state index contributed by atoms with van der Waals surface area (Å²) >= 11 is 0. The van der Waals surface area contributed by atoms with E-state index in [9.17, 15) is 26.7 Å². The summed E-state index contributed by atoms with van der Waals surface area (Å²) in [6.45, 7) is 4.09. The molecular formula is C21H25F3N2O4S. The summed E-state index contributed by atoms with van der Waals surface area (Å²) in [6, 6.07) is 8.99. The average Bonchev–Trinajstić information content (AvgIpc) is 2.71. The second kappa shape index (κ2) is 9.27. The number of aliphatic imine (C=N–C) groups is 1. The van der Waals surface area contributed by atoms with Crippen molar-refractivity contribution in [1.29, 1.82) is 0 Å². The Morgan fingerprint density at radius 3 is 2.32 bits per heavy atom. The monoisotopic (exact) mass is 458 g/mol. The van der Waals surface area contributed by atoms with Gasteiger partial charge < -0.3 is 14.7 Å². The van der Waals surface area contributed by atoms with Crippen molar-refractivity contribution in [3.05, 3.63) is 53.6 Å². The number of methoxy groups -OCH3 is 1. The van der Waals surface area contributed by atoms with E-state index in [1.807, 2.05) is 6.92 Å². The number of nitrogens with zero attached hydrogens (tertiary/aromatic N) is 2. The highest BCUT2D eigenvalue weighted by atomic mass is 32.2. The Morgan fingerprint density at radius 2 is 1.81 bits per heavy atom. The van der Waals surface area contributed by atoms with Gasteiger partial charge in [0.05, 0.1) is 29.8 Å². The van der Waals surface area contributed by atoms with E-state index in [-0.39, 0.29) is 10.6 Å². The van der Waals surface area contributed by atoms with Gasteiger partial charge in [-0.3, -0.25) is 0 Å². The third-order valence-corrected chi connectivity index (χ3v) is 6.61. The lowest BCUT2D eigenvalue weighted by Crippen LogP contribution is -2.48. The smallest absolute Gasteiger partial charge is 0.422 e. The molecular weight excluding hydrogens is 433 g/mol. The molecule has 0 radical (unpaired) electrons. The van der Waals surface area contributed by atoms with Gasteiger partial charge in [0.1, 0.15) is 5.75 Å². The molecule has 0 aromatic heterocycles. The van der Waals surface area contributed by atoms with E-state index in [1.165, 1.54) is 49.7 Å². The zero-order valence-corrected chi connectivity index (χ0v) is 18.5. The maximum atomic E-state index is 14.1. The van der Waals surface area contributed by atoms with Crippen molar-refractivity contribution in [3.8, 4) is 5.75 Å². The van der Waals surface area contributed by atoms with Crippen LogP contribution in [-0.2, 0) is 15.4 Å². The number of sulfone groups is 1. The summed E-state index contributed by atoms with van der Waals surface area (Å²) in [6.07, 6.45) is -3.78. The summed E-state index contributed by atoms with van der Waals surface area (Å²) in [4.78, 5) is 5.67. The lowest BCUT2D eigenvalue weighted by molar-refractivity contribution is -0.257. The van der Waals surface area contributed by atoms with E-state index < -0.39 is 32.9 Å². The number of aryl methyl sites for hydroxylation is 1. The van der Waals surface area contributed by atoms with Crippen molar-refractivity contribution in [2.75, 3.05) is 26.5 Å². The van der Waals surface area contributed by atoms with Crippen LogP contribution < -0.4 is 4.74 Å². The average molecular weight is 459 g/mol. The van der Waals surface area contributed by atoms with E-state index in [0.29, 0.717) is 17.8 Å². The second-order valence-electron chi connectivity index (χ2n) is 7.09. The Bertz CT molecular complexity index is 1040. The Kier molecular flexibility index (Phi) is 7.38. The first-order chi connectivity index (χ1) is 14.4. The molecule has 10 heteroatoms. The van der Waals surface area contributed by atoms with Crippen molar-refractivity contribution in [1.82, 2.24) is 4.90 Å². The highest BCUT2D eigenvalue weighted by molar-refractivity contribution is 7.91. The van der Waals surface area contributed by atoms with E-state index >= 15 is 0 Å². The molecule has 0 bridgehead atoms. The van der Waals surface area contributed by atoms with Gasteiger partial charge in [0.15, 0.2) is 9.84 Å². The van der Waals surface area contributed by atoms with E-state index in [1.54, 1.807) is 11.9 Å². The van der Waals surface area contributed by atoms with Crippen LogP contribution in [0.5, 0.6) is 5.75 Å². The number of hydrogen-bond acceptors (Lipinski definition) is 5. The molecule has 0 saturated carbocycles. The maximum absolute atomic E-state index is 14.1. The zero-order valence-electron chi connectivity index (χ0n) is 17.6. The molecule has 2 aromatic rings. The highest BCUT2D eigenvalue weighted by Gasteiger charge is 2.58. The Hall–Kier alpha value is -2.59. The minimum Gasteiger partial charge on any atom is -0.496 e. The van der Waals surface area contributed by atoms with Crippen molar-refractivity contribution in [2.24, 2.45) is 4.99 Å². The largest absolute Gasteiger partial charge is 0.496 e.